The van der Waals surface area contributed by atoms with Crippen LogP contribution in [0.4, 0.5) is 21.5 Å². The second-order valence-electron chi connectivity index (χ2n) is 5.62. The lowest BCUT2D eigenvalue weighted by atomic mass is 10.3. The highest BCUT2D eigenvalue weighted by atomic mass is 32.2. The van der Waals surface area contributed by atoms with Gasteiger partial charge in [0.15, 0.2) is 4.34 Å². The van der Waals surface area contributed by atoms with Crippen LogP contribution in [-0.2, 0) is 9.59 Å². The van der Waals surface area contributed by atoms with Crippen molar-refractivity contribution >= 4 is 73.7 Å². The number of rotatable bonds is 8. The van der Waals surface area contributed by atoms with Gasteiger partial charge >= 0.3 is 0 Å². The number of nitrogens with two attached hydrogens (primary N) is 1. The van der Waals surface area contributed by atoms with Crippen molar-refractivity contribution in [3.8, 4) is 0 Å². The normalized spacial score (nSPS) is 10.4. The second-order valence-corrected chi connectivity index (χ2v) is 8.74. The van der Waals surface area contributed by atoms with E-state index in [1.54, 1.807) is 29.6 Å². The van der Waals surface area contributed by atoms with E-state index in [1.807, 2.05) is 6.07 Å². The molecule has 0 bridgehead atoms. The van der Waals surface area contributed by atoms with Gasteiger partial charge in [0.1, 0.15) is 5.00 Å². The minimum Gasteiger partial charge on any atom is -0.366 e. The summed E-state index contributed by atoms with van der Waals surface area (Å²) in [6.45, 7) is 1.44. The SMILES string of the molecule is CC(=O)Nc1cccc(Nc2nnc(SCC(=O)Nc3sccc3C(N)=O)s2)c1. The van der Waals surface area contributed by atoms with Crippen LogP contribution in [0.15, 0.2) is 40.1 Å². The molecule has 2 heterocycles. The third-order valence-electron chi connectivity index (χ3n) is 3.35. The Morgan fingerprint density at radius 2 is 1.93 bits per heavy atom. The molecule has 12 heteroatoms. The molecular weight excluding hydrogens is 432 g/mol. The first-order valence-electron chi connectivity index (χ1n) is 8.19. The second kappa shape index (κ2) is 9.49. The number of nitrogens with one attached hydrogen (secondary N) is 3. The number of amides is 3. The molecular formula is C17H16N6O3S3. The van der Waals surface area contributed by atoms with Gasteiger partial charge in [0.05, 0.1) is 11.3 Å². The molecule has 0 saturated carbocycles. The molecule has 2 aromatic heterocycles. The monoisotopic (exact) mass is 448 g/mol. The first-order valence-corrected chi connectivity index (χ1v) is 10.9. The van der Waals surface area contributed by atoms with Crippen molar-refractivity contribution in [2.75, 3.05) is 21.7 Å². The molecule has 0 spiro atoms. The molecule has 0 atom stereocenters. The number of anilines is 4. The molecule has 3 amide bonds. The van der Waals surface area contributed by atoms with Gasteiger partial charge in [0.2, 0.25) is 16.9 Å². The number of hydrogen-bond acceptors (Lipinski definition) is 9. The number of aromatic nitrogens is 2. The molecule has 1 aromatic carbocycles. The predicted octanol–water partition coefficient (Wildman–Crippen LogP) is 3.13. The largest absolute Gasteiger partial charge is 0.366 e. The van der Waals surface area contributed by atoms with E-state index in [2.05, 4.69) is 26.1 Å². The fourth-order valence-electron chi connectivity index (χ4n) is 2.21. The number of hydrogen-bond donors (Lipinski definition) is 4. The van der Waals surface area contributed by atoms with Gasteiger partial charge in [-0.05, 0) is 29.6 Å². The highest BCUT2D eigenvalue weighted by molar-refractivity contribution is 8.01. The van der Waals surface area contributed by atoms with Crippen LogP contribution >= 0.6 is 34.4 Å². The summed E-state index contributed by atoms with van der Waals surface area (Å²) in [4.78, 5) is 34.6. The van der Waals surface area contributed by atoms with Crippen molar-refractivity contribution < 1.29 is 14.4 Å². The molecule has 3 rings (SSSR count). The standard InChI is InChI=1S/C17H16N6O3S3/c1-9(24)19-10-3-2-4-11(7-10)20-16-22-23-17(29-16)28-8-13(25)21-15-12(14(18)26)5-6-27-15/h2-7H,8H2,1H3,(H2,18,26)(H,19,24)(H,20,22)(H,21,25). The first kappa shape index (κ1) is 20.8. The summed E-state index contributed by atoms with van der Waals surface area (Å²) in [7, 11) is 0. The summed E-state index contributed by atoms with van der Waals surface area (Å²) in [5.74, 6) is -0.896. The predicted molar refractivity (Wildman–Crippen MR) is 116 cm³/mol. The van der Waals surface area contributed by atoms with E-state index < -0.39 is 5.91 Å². The van der Waals surface area contributed by atoms with Crippen molar-refractivity contribution in [3.05, 3.63) is 41.3 Å². The van der Waals surface area contributed by atoms with Crippen molar-refractivity contribution in [2.45, 2.75) is 11.3 Å². The molecule has 0 radical (unpaired) electrons. The summed E-state index contributed by atoms with van der Waals surface area (Å²) < 4.78 is 0.613. The average Bonchev–Trinajstić information content (AvgIpc) is 3.29. The zero-order chi connectivity index (χ0) is 20.8. The van der Waals surface area contributed by atoms with Crippen LogP contribution < -0.4 is 21.7 Å². The van der Waals surface area contributed by atoms with Gasteiger partial charge in [-0.15, -0.1) is 21.5 Å². The Hall–Kier alpha value is -2.96. The van der Waals surface area contributed by atoms with E-state index >= 15 is 0 Å². The molecule has 0 aliphatic rings. The van der Waals surface area contributed by atoms with E-state index in [1.165, 1.54) is 41.4 Å². The van der Waals surface area contributed by atoms with Crippen LogP contribution in [0.25, 0.3) is 0 Å². The zero-order valence-corrected chi connectivity index (χ0v) is 17.5. The van der Waals surface area contributed by atoms with E-state index in [0.29, 0.717) is 20.2 Å². The van der Waals surface area contributed by atoms with Crippen molar-refractivity contribution in [2.24, 2.45) is 5.73 Å². The topological polar surface area (TPSA) is 139 Å². The molecule has 0 fully saturated rings. The summed E-state index contributed by atoms with van der Waals surface area (Å²) in [5.41, 5.74) is 6.97. The third-order valence-corrected chi connectivity index (χ3v) is 6.15. The van der Waals surface area contributed by atoms with Crippen LogP contribution in [0, 0.1) is 0 Å². The zero-order valence-electron chi connectivity index (χ0n) is 15.1. The smallest absolute Gasteiger partial charge is 0.251 e. The van der Waals surface area contributed by atoms with Crippen LogP contribution in [0.2, 0.25) is 0 Å². The fraction of sp³-hybridized carbons (Fsp3) is 0.118. The van der Waals surface area contributed by atoms with Gasteiger partial charge in [0.25, 0.3) is 5.91 Å². The Morgan fingerprint density at radius 3 is 2.69 bits per heavy atom. The number of nitrogens with zero attached hydrogens (tertiary/aromatic N) is 2. The molecule has 150 valence electrons. The number of carbonyl (C=O) groups excluding carboxylic acids is 3. The minimum absolute atomic E-state index is 0.114. The Labute approximate surface area is 178 Å². The van der Waals surface area contributed by atoms with Crippen LogP contribution in [0.5, 0.6) is 0 Å². The quantitative estimate of drug-likeness (QED) is 0.388. The first-order chi connectivity index (χ1) is 13.9. The van der Waals surface area contributed by atoms with Gasteiger partial charge < -0.3 is 21.7 Å². The van der Waals surface area contributed by atoms with Crippen LogP contribution in [0.1, 0.15) is 17.3 Å². The summed E-state index contributed by atoms with van der Waals surface area (Å²) in [6, 6.07) is 8.77. The van der Waals surface area contributed by atoms with Gasteiger partial charge in [-0.25, -0.2) is 0 Å². The van der Waals surface area contributed by atoms with Crippen molar-refractivity contribution in [1.29, 1.82) is 0 Å². The Kier molecular flexibility index (Phi) is 6.80. The lowest BCUT2D eigenvalue weighted by Crippen LogP contribution is -2.17. The van der Waals surface area contributed by atoms with E-state index in [-0.39, 0.29) is 23.1 Å². The molecule has 0 unspecified atom stereocenters. The molecule has 0 aliphatic carbocycles. The third kappa shape index (κ3) is 6.01. The molecule has 3 aromatic rings. The van der Waals surface area contributed by atoms with Gasteiger partial charge in [-0.2, -0.15) is 0 Å². The van der Waals surface area contributed by atoms with Gasteiger partial charge in [0, 0.05) is 18.3 Å². The molecule has 0 aliphatic heterocycles. The Bertz CT molecular complexity index is 1050. The highest BCUT2D eigenvalue weighted by Crippen LogP contribution is 2.29. The minimum atomic E-state index is -0.586. The van der Waals surface area contributed by atoms with E-state index in [0.717, 1.165) is 5.69 Å². The molecule has 9 nitrogen and oxygen atoms in total. The van der Waals surface area contributed by atoms with Crippen molar-refractivity contribution in [3.63, 3.8) is 0 Å². The maximum Gasteiger partial charge on any atom is 0.251 e. The van der Waals surface area contributed by atoms with Crippen LogP contribution in [0.3, 0.4) is 0 Å². The summed E-state index contributed by atoms with van der Waals surface area (Å²) in [6.07, 6.45) is 0. The average molecular weight is 449 g/mol. The highest BCUT2D eigenvalue weighted by Gasteiger charge is 2.14. The Morgan fingerprint density at radius 1 is 1.14 bits per heavy atom. The van der Waals surface area contributed by atoms with Gasteiger partial charge in [-0.1, -0.05) is 29.2 Å². The maximum atomic E-state index is 12.1. The number of thioether (sulfide) groups is 1. The number of carbonyl (C=O) groups is 3. The number of primary amides is 1. The number of benzene rings is 1. The Balaban J connectivity index is 1.54. The van der Waals surface area contributed by atoms with Crippen molar-refractivity contribution in [1.82, 2.24) is 10.2 Å². The summed E-state index contributed by atoms with van der Waals surface area (Å²) >= 11 is 3.76. The lowest BCUT2D eigenvalue weighted by Gasteiger charge is -2.05. The molecule has 5 N–H and O–H groups in total. The van der Waals surface area contributed by atoms with E-state index in [4.69, 9.17) is 5.73 Å². The fourth-order valence-corrected chi connectivity index (χ4v) is 4.59. The van der Waals surface area contributed by atoms with Gasteiger partial charge in [-0.3, -0.25) is 14.4 Å². The lowest BCUT2D eigenvalue weighted by molar-refractivity contribution is -0.114. The van der Waals surface area contributed by atoms with Crippen LogP contribution in [-0.4, -0.2) is 33.7 Å². The molecule has 0 saturated heterocycles. The maximum absolute atomic E-state index is 12.1. The summed E-state index contributed by atoms with van der Waals surface area (Å²) in [5, 5.41) is 19.3. The molecule has 29 heavy (non-hydrogen) atoms. The van der Waals surface area contributed by atoms with E-state index in [9.17, 15) is 14.4 Å². The number of thiophene rings is 1.